The molecule has 108 valence electrons. The molecule has 0 bridgehead atoms. The fourth-order valence-corrected chi connectivity index (χ4v) is 2.32. The van der Waals surface area contributed by atoms with Gasteiger partial charge in [0, 0.05) is 17.5 Å². The third kappa shape index (κ3) is 2.68. The Kier molecular flexibility index (Phi) is 4.12. The number of fused-ring (bicyclic) bond motifs is 1. The van der Waals surface area contributed by atoms with Gasteiger partial charge in [0.1, 0.15) is 17.6 Å². The Bertz CT molecular complexity index is 529. The maximum Gasteiger partial charge on any atom is 0.331 e. The number of carbonyl (C=O) groups excluding carboxylic acids is 1. The smallest absolute Gasteiger partial charge is 0.331 e. The zero-order valence-corrected chi connectivity index (χ0v) is 11.4. The van der Waals surface area contributed by atoms with Crippen molar-refractivity contribution in [3.05, 3.63) is 23.3 Å². The fourth-order valence-electron chi connectivity index (χ4n) is 2.32. The van der Waals surface area contributed by atoms with Gasteiger partial charge in [0.15, 0.2) is 6.04 Å². The molecule has 1 amide bonds. The molecule has 0 spiro atoms. The Balaban J connectivity index is 2.46. The van der Waals surface area contributed by atoms with Crippen LogP contribution >= 0.6 is 0 Å². The summed E-state index contributed by atoms with van der Waals surface area (Å²) >= 11 is 0. The number of amides is 1. The van der Waals surface area contributed by atoms with Crippen molar-refractivity contribution in [3.8, 4) is 11.5 Å². The van der Waals surface area contributed by atoms with Gasteiger partial charge < -0.3 is 19.9 Å². The van der Waals surface area contributed by atoms with Gasteiger partial charge >= 0.3 is 5.97 Å². The van der Waals surface area contributed by atoms with Crippen LogP contribution in [0.2, 0.25) is 0 Å². The number of hydrogen-bond donors (Lipinski definition) is 2. The summed E-state index contributed by atoms with van der Waals surface area (Å²) in [5.41, 5.74) is 1.37. The van der Waals surface area contributed by atoms with Crippen LogP contribution in [-0.2, 0) is 16.0 Å². The molecule has 0 saturated carbocycles. The first-order valence-corrected chi connectivity index (χ1v) is 6.45. The number of aliphatic carboxylic acids is 1. The lowest BCUT2D eigenvalue weighted by atomic mass is 10.0. The first-order chi connectivity index (χ1) is 9.56. The molecule has 0 saturated heterocycles. The van der Waals surface area contributed by atoms with Crippen molar-refractivity contribution >= 4 is 12.4 Å². The minimum atomic E-state index is -1.15. The summed E-state index contributed by atoms with van der Waals surface area (Å²) in [4.78, 5) is 21.9. The number of benzene rings is 1. The molecule has 2 unspecified atom stereocenters. The van der Waals surface area contributed by atoms with Crippen molar-refractivity contribution in [3.63, 3.8) is 0 Å². The van der Waals surface area contributed by atoms with Crippen molar-refractivity contribution in [1.29, 1.82) is 0 Å². The van der Waals surface area contributed by atoms with Crippen molar-refractivity contribution in [2.45, 2.75) is 32.4 Å². The van der Waals surface area contributed by atoms with E-state index >= 15 is 0 Å². The van der Waals surface area contributed by atoms with Crippen LogP contribution in [0, 0.1) is 0 Å². The van der Waals surface area contributed by atoms with Gasteiger partial charge in [-0.1, -0.05) is 0 Å². The lowest BCUT2D eigenvalue weighted by molar-refractivity contribution is -0.140. The lowest BCUT2D eigenvalue weighted by Crippen LogP contribution is -2.27. The molecule has 1 heterocycles. The fraction of sp³-hybridized carbons (Fsp3) is 0.429. The number of hydrogen-bond acceptors (Lipinski definition) is 4. The maximum atomic E-state index is 11.3. The van der Waals surface area contributed by atoms with Crippen LogP contribution in [-0.4, -0.2) is 30.2 Å². The molecule has 0 fully saturated rings. The highest BCUT2D eigenvalue weighted by Gasteiger charge is 2.28. The highest BCUT2D eigenvalue weighted by molar-refractivity contribution is 5.79. The minimum Gasteiger partial charge on any atom is -0.493 e. The van der Waals surface area contributed by atoms with Gasteiger partial charge in [0.25, 0.3) is 0 Å². The van der Waals surface area contributed by atoms with Crippen molar-refractivity contribution in [1.82, 2.24) is 5.32 Å². The molecule has 2 N–H and O–H groups in total. The first-order valence-electron chi connectivity index (χ1n) is 6.45. The summed E-state index contributed by atoms with van der Waals surface area (Å²) in [5.74, 6) is -0.0374. The molecule has 6 nitrogen and oxygen atoms in total. The topological polar surface area (TPSA) is 84.9 Å². The van der Waals surface area contributed by atoms with E-state index in [4.69, 9.17) is 9.47 Å². The van der Waals surface area contributed by atoms with Crippen molar-refractivity contribution in [2.24, 2.45) is 0 Å². The average molecular weight is 279 g/mol. The summed E-state index contributed by atoms with van der Waals surface area (Å²) < 4.78 is 11.1. The maximum absolute atomic E-state index is 11.3. The second-order valence-corrected chi connectivity index (χ2v) is 4.62. The van der Waals surface area contributed by atoms with Gasteiger partial charge in [0.2, 0.25) is 6.41 Å². The normalized spacial score (nSPS) is 17.8. The standard InChI is InChI=1S/C14H17NO5/c1-3-19-12-5-9-4-8(2)20-11(9)6-10(12)13(14(17)18)15-7-16/h5-8,13H,3-4H2,1-2H3,(H,15,16)(H,17,18). The summed E-state index contributed by atoms with van der Waals surface area (Å²) in [6.07, 6.45) is 1.18. The Morgan fingerprint density at radius 1 is 1.65 bits per heavy atom. The van der Waals surface area contributed by atoms with E-state index in [1.54, 1.807) is 12.1 Å². The third-order valence-electron chi connectivity index (χ3n) is 3.12. The SMILES string of the molecule is CCOc1cc2c(cc1C(NC=O)C(=O)O)OC(C)C2. The molecule has 1 aliphatic heterocycles. The molecule has 1 aromatic carbocycles. The average Bonchev–Trinajstić information content (AvgIpc) is 2.74. The van der Waals surface area contributed by atoms with E-state index < -0.39 is 12.0 Å². The van der Waals surface area contributed by atoms with E-state index in [1.165, 1.54) is 0 Å². The number of ether oxygens (including phenoxy) is 2. The number of nitrogens with one attached hydrogen (secondary N) is 1. The van der Waals surface area contributed by atoms with Gasteiger partial charge in [-0.05, 0) is 26.0 Å². The predicted molar refractivity (Wildman–Crippen MR) is 71.0 cm³/mol. The predicted octanol–water partition coefficient (Wildman–Crippen LogP) is 1.28. The Morgan fingerprint density at radius 3 is 3.00 bits per heavy atom. The van der Waals surface area contributed by atoms with Crippen LogP contribution in [0.1, 0.15) is 31.0 Å². The highest BCUT2D eigenvalue weighted by atomic mass is 16.5. The van der Waals surface area contributed by atoms with Crippen LogP contribution in [0.3, 0.4) is 0 Å². The minimum absolute atomic E-state index is 0.0528. The summed E-state index contributed by atoms with van der Waals surface area (Å²) in [7, 11) is 0. The monoisotopic (exact) mass is 279 g/mol. The van der Waals surface area contributed by atoms with E-state index in [0.717, 1.165) is 12.0 Å². The molecule has 0 aliphatic carbocycles. The Morgan fingerprint density at radius 2 is 2.40 bits per heavy atom. The molecule has 1 aliphatic rings. The molecule has 0 radical (unpaired) electrons. The molecule has 6 heteroatoms. The number of carboxylic acids is 1. The zero-order chi connectivity index (χ0) is 14.7. The van der Waals surface area contributed by atoms with Crippen LogP contribution in [0.25, 0.3) is 0 Å². The molecular weight excluding hydrogens is 262 g/mol. The van der Waals surface area contributed by atoms with Gasteiger partial charge in [-0.3, -0.25) is 4.79 Å². The zero-order valence-electron chi connectivity index (χ0n) is 11.4. The second-order valence-electron chi connectivity index (χ2n) is 4.62. The molecule has 2 atom stereocenters. The second kappa shape index (κ2) is 5.81. The van der Waals surface area contributed by atoms with Gasteiger partial charge in [0.05, 0.1) is 6.61 Å². The van der Waals surface area contributed by atoms with E-state index in [1.807, 2.05) is 13.8 Å². The number of carboxylic acid groups (broad SMARTS) is 1. The summed E-state index contributed by atoms with van der Waals surface area (Å²) in [5, 5.41) is 11.5. The third-order valence-corrected chi connectivity index (χ3v) is 3.12. The van der Waals surface area contributed by atoms with E-state index in [-0.39, 0.29) is 6.10 Å². The van der Waals surface area contributed by atoms with Crippen LogP contribution in [0.15, 0.2) is 12.1 Å². The van der Waals surface area contributed by atoms with Crippen LogP contribution < -0.4 is 14.8 Å². The van der Waals surface area contributed by atoms with Crippen molar-refractivity contribution < 1.29 is 24.2 Å². The molecule has 2 rings (SSSR count). The van der Waals surface area contributed by atoms with E-state index in [2.05, 4.69) is 5.32 Å². The molecule has 0 aromatic heterocycles. The highest BCUT2D eigenvalue weighted by Crippen LogP contribution is 2.37. The summed E-state index contributed by atoms with van der Waals surface area (Å²) in [6, 6.07) is 2.28. The molecule has 1 aromatic rings. The van der Waals surface area contributed by atoms with Gasteiger partial charge in [-0.2, -0.15) is 0 Å². The van der Waals surface area contributed by atoms with Crippen molar-refractivity contribution in [2.75, 3.05) is 6.61 Å². The van der Waals surface area contributed by atoms with Gasteiger partial charge in [-0.25, -0.2) is 4.79 Å². The lowest BCUT2D eigenvalue weighted by Gasteiger charge is -2.17. The summed E-state index contributed by atoms with van der Waals surface area (Å²) in [6.45, 7) is 4.17. The quantitative estimate of drug-likeness (QED) is 0.766. The van der Waals surface area contributed by atoms with Gasteiger partial charge in [-0.15, -0.1) is 0 Å². The van der Waals surface area contributed by atoms with E-state index in [0.29, 0.717) is 30.1 Å². The molecular formula is C14H17NO5. The number of carbonyl (C=O) groups is 2. The Hall–Kier alpha value is -2.24. The van der Waals surface area contributed by atoms with E-state index in [9.17, 15) is 14.7 Å². The van der Waals surface area contributed by atoms with Crippen LogP contribution in [0.5, 0.6) is 11.5 Å². The molecule has 20 heavy (non-hydrogen) atoms. The first kappa shape index (κ1) is 14.2. The van der Waals surface area contributed by atoms with Crippen LogP contribution in [0.4, 0.5) is 0 Å². The largest absolute Gasteiger partial charge is 0.493 e. The number of rotatable bonds is 6. The Labute approximate surface area is 116 Å².